The maximum Gasteiger partial charge on any atom is 0.280 e. The number of carbonyl (C=O) groups is 1. The van der Waals surface area contributed by atoms with Crippen molar-refractivity contribution in [1.82, 2.24) is 4.98 Å². The number of aromatic nitrogens is 1. The highest BCUT2D eigenvalue weighted by Crippen LogP contribution is 2.35. The van der Waals surface area contributed by atoms with Gasteiger partial charge >= 0.3 is 0 Å². The molecule has 0 bridgehead atoms. The number of ether oxygens (including phenoxy) is 1. The Morgan fingerprint density at radius 1 is 1.26 bits per heavy atom. The Hall–Kier alpha value is -1.79. The predicted molar refractivity (Wildman–Crippen MR) is 88.1 cm³/mol. The normalized spacial score (nSPS) is 18.7. The number of oxazole rings is 1. The Balaban J connectivity index is 1.57. The van der Waals surface area contributed by atoms with Gasteiger partial charge in [0.1, 0.15) is 6.26 Å². The van der Waals surface area contributed by atoms with E-state index in [1.54, 1.807) is 16.7 Å². The van der Waals surface area contributed by atoms with E-state index >= 15 is 0 Å². The van der Waals surface area contributed by atoms with E-state index in [0.717, 1.165) is 42.4 Å². The van der Waals surface area contributed by atoms with Gasteiger partial charge in [-0.3, -0.25) is 4.79 Å². The van der Waals surface area contributed by atoms with Crippen molar-refractivity contribution < 1.29 is 13.9 Å². The molecule has 1 fully saturated rings. The largest absolute Gasteiger partial charge is 0.448 e. The van der Waals surface area contributed by atoms with Crippen LogP contribution in [-0.4, -0.2) is 36.4 Å². The van der Waals surface area contributed by atoms with Crippen molar-refractivity contribution in [3.8, 4) is 0 Å². The van der Waals surface area contributed by atoms with E-state index in [0.29, 0.717) is 18.1 Å². The second-order valence-corrected chi connectivity index (χ2v) is 6.87. The molecule has 23 heavy (non-hydrogen) atoms. The number of carbonyl (C=O) groups excluding carboxylic acids is 1. The van der Waals surface area contributed by atoms with Gasteiger partial charge in [0.05, 0.1) is 5.69 Å². The van der Waals surface area contributed by atoms with Crippen LogP contribution in [0.2, 0.25) is 0 Å². The zero-order valence-electron chi connectivity index (χ0n) is 12.7. The van der Waals surface area contributed by atoms with Crippen molar-refractivity contribution in [3.63, 3.8) is 0 Å². The number of benzene rings is 1. The average Bonchev–Trinajstić information content (AvgIpc) is 3.11. The highest BCUT2D eigenvalue weighted by atomic mass is 32.2. The fourth-order valence-corrected chi connectivity index (χ4v) is 4.03. The second-order valence-electron chi connectivity index (χ2n) is 5.73. The molecule has 2 aromatic rings. The molecule has 1 aromatic heterocycles. The smallest absolute Gasteiger partial charge is 0.280 e. The van der Waals surface area contributed by atoms with Crippen molar-refractivity contribution >= 4 is 23.4 Å². The van der Waals surface area contributed by atoms with E-state index in [2.05, 4.69) is 11.1 Å². The first-order chi connectivity index (χ1) is 11.3. The SMILES string of the molecule is O=C(c1coc(C2CCOCC2)n1)N1CCSc2ccccc21. The molecule has 0 atom stereocenters. The van der Waals surface area contributed by atoms with Crippen molar-refractivity contribution in [1.29, 1.82) is 0 Å². The molecule has 0 N–H and O–H groups in total. The lowest BCUT2D eigenvalue weighted by Gasteiger charge is -2.28. The number of rotatable bonds is 2. The lowest BCUT2D eigenvalue weighted by atomic mass is 10.0. The molecule has 0 aliphatic carbocycles. The van der Waals surface area contributed by atoms with Gasteiger partial charge in [-0.2, -0.15) is 0 Å². The van der Waals surface area contributed by atoms with Crippen LogP contribution in [0.4, 0.5) is 5.69 Å². The lowest BCUT2D eigenvalue weighted by Crippen LogP contribution is -2.35. The van der Waals surface area contributed by atoms with Crippen molar-refractivity contribution in [2.75, 3.05) is 30.4 Å². The average molecular weight is 330 g/mol. The summed E-state index contributed by atoms with van der Waals surface area (Å²) < 4.78 is 10.9. The van der Waals surface area contributed by atoms with Gasteiger partial charge in [-0.05, 0) is 25.0 Å². The first kappa shape index (κ1) is 14.8. The van der Waals surface area contributed by atoms with E-state index in [4.69, 9.17) is 9.15 Å². The predicted octanol–water partition coefficient (Wildman–Crippen LogP) is 3.32. The Kier molecular flexibility index (Phi) is 4.10. The zero-order valence-corrected chi connectivity index (χ0v) is 13.6. The fourth-order valence-electron chi connectivity index (χ4n) is 3.04. The first-order valence-electron chi connectivity index (χ1n) is 7.90. The Morgan fingerprint density at radius 3 is 2.96 bits per heavy atom. The molecule has 120 valence electrons. The molecule has 0 saturated carbocycles. The van der Waals surface area contributed by atoms with Crippen LogP contribution in [0.3, 0.4) is 0 Å². The highest BCUT2D eigenvalue weighted by Gasteiger charge is 2.28. The van der Waals surface area contributed by atoms with Gasteiger partial charge in [-0.1, -0.05) is 12.1 Å². The maximum atomic E-state index is 12.8. The minimum atomic E-state index is -0.0835. The molecule has 5 nitrogen and oxygen atoms in total. The van der Waals surface area contributed by atoms with Crippen LogP contribution in [0.5, 0.6) is 0 Å². The van der Waals surface area contributed by atoms with Gasteiger partial charge in [0.2, 0.25) is 0 Å². The molecular formula is C17H18N2O3S. The minimum Gasteiger partial charge on any atom is -0.448 e. The number of hydrogen-bond donors (Lipinski definition) is 0. The summed E-state index contributed by atoms with van der Waals surface area (Å²) in [5.41, 5.74) is 1.36. The lowest BCUT2D eigenvalue weighted by molar-refractivity contribution is 0.0794. The number of hydrogen-bond acceptors (Lipinski definition) is 5. The molecule has 0 radical (unpaired) electrons. The summed E-state index contributed by atoms with van der Waals surface area (Å²) in [4.78, 5) is 20.2. The van der Waals surface area contributed by atoms with E-state index in [9.17, 15) is 4.79 Å². The summed E-state index contributed by atoms with van der Waals surface area (Å²) in [6.07, 6.45) is 3.30. The quantitative estimate of drug-likeness (QED) is 0.845. The standard InChI is InChI=1S/C17H18N2O3S/c20-17(19-7-10-23-15-4-2-1-3-14(15)19)13-11-22-16(18-13)12-5-8-21-9-6-12/h1-4,11-12H,5-10H2. The van der Waals surface area contributed by atoms with Crippen LogP contribution in [0.25, 0.3) is 0 Å². The summed E-state index contributed by atoms with van der Waals surface area (Å²) in [5, 5.41) is 0. The van der Waals surface area contributed by atoms with Gasteiger partial charge in [0.25, 0.3) is 5.91 Å². The molecule has 1 aromatic carbocycles. The second kappa shape index (κ2) is 6.37. The van der Waals surface area contributed by atoms with Crippen molar-refractivity contribution in [2.24, 2.45) is 0 Å². The van der Waals surface area contributed by atoms with Gasteiger partial charge in [-0.25, -0.2) is 4.98 Å². The van der Waals surface area contributed by atoms with Crippen LogP contribution in [0.15, 0.2) is 39.8 Å². The Bertz CT molecular complexity index is 709. The molecule has 4 rings (SSSR count). The molecule has 0 spiro atoms. The van der Waals surface area contributed by atoms with E-state index in [-0.39, 0.29) is 11.8 Å². The zero-order chi connectivity index (χ0) is 15.6. The fraction of sp³-hybridized carbons (Fsp3) is 0.412. The van der Waals surface area contributed by atoms with Gasteiger partial charge < -0.3 is 14.1 Å². The third kappa shape index (κ3) is 2.88. The topological polar surface area (TPSA) is 55.6 Å². The Labute approximate surface area is 139 Å². The van der Waals surface area contributed by atoms with Gasteiger partial charge in [-0.15, -0.1) is 11.8 Å². The minimum absolute atomic E-state index is 0.0835. The third-order valence-corrected chi connectivity index (χ3v) is 5.33. The molecule has 1 saturated heterocycles. The Morgan fingerprint density at radius 2 is 2.09 bits per heavy atom. The molecule has 1 amide bonds. The molecule has 0 unspecified atom stereocenters. The van der Waals surface area contributed by atoms with Crippen LogP contribution < -0.4 is 4.90 Å². The summed E-state index contributed by atoms with van der Waals surface area (Å²) in [6, 6.07) is 8.00. The van der Waals surface area contributed by atoms with Crippen molar-refractivity contribution in [2.45, 2.75) is 23.7 Å². The monoisotopic (exact) mass is 330 g/mol. The third-order valence-electron chi connectivity index (χ3n) is 4.29. The molecule has 2 aliphatic rings. The molecular weight excluding hydrogens is 312 g/mol. The number of nitrogens with zero attached hydrogens (tertiary/aromatic N) is 2. The van der Waals surface area contributed by atoms with E-state index in [1.165, 1.54) is 6.26 Å². The number of fused-ring (bicyclic) bond motifs is 1. The maximum absolute atomic E-state index is 12.8. The van der Waals surface area contributed by atoms with E-state index in [1.807, 2.05) is 18.2 Å². The summed E-state index contributed by atoms with van der Waals surface area (Å²) in [7, 11) is 0. The number of thioether (sulfide) groups is 1. The number of anilines is 1. The summed E-state index contributed by atoms with van der Waals surface area (Å²) in [6.45, 7) is 2.15. The van der Waals surface area contributed by atoms with Crippen LogP contribution in [0, 0.1) is 0 Å². The van der Waals surface area contributed by atoms with Crippen LogP contribution in [-0.2, 0) is 4.74 Å². The van der Waals surface area contributed by atoms with Crippen LogP contribution >= 0.6 is 11.8 Å². The van der Waals surface area contributed by atoms with Crippen molar-refractivity contribution in [3.05, 3.63) is 42.1 Å². The highest BCUT2D eigenvalue weighted by molar-refractivity contribution is 7.99. The molecule has 3 heterocycles. The first-order valence-corrected chi connectivity index (χ1v) is 8.88. The number of amides is 1. The summed E-state index contributed by atoms with van der Waals surface area (Å²) in [5.74, 6) is 1.73. The van der Waals surface area contributed by atoms with E-state index < -0.39 is 0 Å². The number of para-hydroxylation sites is 1. The van der Waals surface area contributed by atoms with Gasteiger partial charge in [0, 0.05) is 36.3 Å². The molecule has 6 heteroatoms. The molecule has 2 aliphatic heterocycles. The summed E-state index contributed by atoms with van der Waals surface area (Å²) >= 11 is 1.78. The van der Waals surface area contributed by atoms with Crippen LogP contribution in [0.1, 0.15) is 35.1 Å². The van der Waals surface area contributed by atoms with Gasteiger partial charge in [0.15, 0.2) is 11.6 Å².